The lowest BCUT2D eigenvalue weighted by molar-refractivity contribution is 0.0990. The first kappa shape index (κ1) is 14.9. The molecule has 0 aliphatic carbocycles. The van der Waals surface area contributed by atoms with Gasteiger partial charge in [-0.15, -0.1) is 0 Å². The van der Waals surface area contributed by atoms with Gasteiger partial charge in [0.1, 0.15) is 6.61 Å². The van der Waals surface area contributed by atoms with Gasteiger partial charge >= 0.3 is 0 Å². The topological polar surface area (TPSA) is 43.4 Å². The summed E-state index contributed by atoms with van der Waals surface area (Å²) in [5.74, 6) is 0.655. The minimum atomic E-state index is 0.324. The Morgan fingerprint density at radius 1 is 1.22 bits per heavy atom. The van der Waals surface area contributed by atoms with E-state index in [0.717, 1.165) is 19.6 Å². The van der Waals surface area contributed by atoms with Crippen LogP contribution in [0.4, 0.5) is 0 Å². The number of ether oxygens (including phenoxy) is 2. The van der Waals surface area contributed by atoms with Gasteiger partial charge in [0.2, 0.25) is 5.88 Å². The van der Waals surface area contributed by atoms with Crippen LogP contribution in [0.15, 0.2) is 18.3 Å². The summed E-state index contributed by atoms with van der Waals surface area (Å²) in [5.41, 5.74) is 1.17. The molecule has 1 aromatic rings. The molecule has 1 rings (SSSR count). The number of rotatable bonds is 9. The predicted molar refractivity (Wildman–Crippen MR) is 72.9 cm³/mol. The van der Waals surface area contributed by atoms with Crippen molar-refractivity contribution in [3.8, 4) is 5.88 Å². The molecule has 1 aromatic heterocycles. The lowest BCUT2D eigenvalue weighted by atomic mass is 10.1. The van der Waals surface area contributed by atoms with Crippen molar-refractivity contribution in [2.24, 2.45) is 0 Å². The fourth-order valence-corrected chi connectivity index (χ4v) is 1.61. The Balaban J connectivity index is 2.31. The molecule has 1 unspecified atom stereocenters. The maximum absolute atomic E-state index is 5.49. The van der Waals surface area contributed by atoms with Crippen molar-refractivity contribution in [2.75, 3.05) is 26.4 Å². The molecule has 102 valence electrons. The zero-order chi connectivity index (χ0) is 13.2. The maximum Gasteiger partial charge on any atom is 0.213 e. The van der Waals surface area contributed by atoms with Crippen LogP contribution in [0.5, 0.6) is 5.88 Å². The summed E-state index contributed by atoms with van der Waals surface area (Å²) < 4.78 is 10.8. The van der Waals surface area contributed by atoms with Gasteiger partial charge in [0, 0.05) is 24.9 Å². The molecule has 18 heavy (non-hydrogen) atoms. The third kappa shape index (κ3) is 5.47. The first-order chi connectivity index (χ1) is 8.77. The standard InChI is InChI=1S/C14H24N2O2/c1-4-8-17-9-10-18-14-7-6-13(11-16-14)12(3)15-5-2/h6-7,11-12,15H,4-5,8-10H2,1-3H3. The SMILES string of the molecule is CCCOCCOc1ccc(C(C)NCC)cn1. The summed E-state index contributed by atoms with van der Waals surface area (Å²) in [4.78, 5) is 4.28. The van der Waals surface area contributed by atoms with E-state index >= 15 is 0 Å². The monoisotopic (exact) mass is 252 g/mol. The van der Waals surface area contributed by atoms with E-state index in [4.69, 9.17) is 9.47 Å². The van der Waals surface area contributed by atoms with Gasteiger partial charge in [-0.05, 0) is 25.5 Å². The van der Waals surface area contributed by atoms with Crippen molar-refractivity contribution in [1.82, 2.24) is 10.3 Å². The van der Waals surface area contributed by atoms with Gasteiger partial charge in [-0.2, -0.15) is 0 Å². The van der Waals surface area contributed by atoms with E-state index in [1.165, 1.54) is 5.56 Å². The molecule has 1 atom stereocenters. The molecule has 4 nitrogen and oxygen atoms in total. The van der Waals surface area contributed by atoms with Crippen LogP contribution < -0.4 is 10.1 Å². The molecule has 0 aliphatic rings. The normalized spacial score (nSPS) is 12.4. The molecule has 0 bridgehead atoms. The fourth-order valence-electron chi connectivity index (χ4n) is 1.61. The highest BCUT2D eigenvalue weighted by Gasteiger charge is 2.04. The molecule has 0 aromatic carbocycles. The molecular formula is C14H24N2O2. The van der Waals surface area contributed by atoms with Crippen molar-refractivity contribution in [2.45, 2.75) is 33.2 Å². The minimum absolute atomic E-state index is 0.324. The Bertz CT molecular complexity index is 314. The van der Waals surface area contributed by atoms with Crippen LogP contribution in [0.3, 0.4) is 0 Å². The number of hydrogen-bond donors (Lipinski definition) is 1. The first-order valence-electron chi connectivity index (χ1n) is 6.67. The highest BCUT2D eigenvalue weighted by atomic mass is 16.5. The zero-order valence-electron chi connectivity index (χ0n) is 11.6. The van der Waals surface area contributed by atoms with Gasteiger partial charge < -0.3 is 14.8 Å². The average Bonchev–Trinajstić information content (AvgIpc) is 2.39. The largest absolute Gasteiger partial charge is 0.475 e. The summed E-state index contributed by atoms with van der Waals surface area (Å²) in [6.45, 7) is 9.22. The van der Waals surface area contributed by atoms with E-state index < -0.39 is 0 Å². The molecule has 0 aliphatic heterocycles. The van der Waals surface area contributed by atoms with Crippen LogP contribution in [0.25, 0.3) is 0 Å². The number of hydrogen-bond acceptors (Lipinski definition) is 4. The van der Waals surface area contributed by atoms with Crippen molar-refractivity contribution in [1.29, 1.82) is 0 Å². The summed E-state index contributed by atoms with van der Waals surface area (Å²) in [6, 6.07) is 4.27. The summed E-state index contributed by atoms with van der Waals surface area (Å²) in [5, 5.41) is 3.35. The number of nitrogens with zero attached hydrogens (tertiary/aromatic N) is 1. The lowest BCUT2D eigenvalue weighted by Gasteiger charge is -2.12. The first-order valence-corrected chi connectivity index (χ1v) is 6.67. The second-order valence-electron chi connectivity index (χ2n) is 4.17. The molecule has 0 spiro atoms. The Morgan fingerprint density at radius 3 is 2.67 bits per heavy atom. The quantitative estimate of drug-likeness (QED) is 0.686. The van der Waals surface area contributed by atoms with Crippen molar-refractivity contribution < 1.29 is 9.47 Å². The smallest absolute Gasteiger partial charge is 0.213 e. The van der Waals surface area contributed by atoms with Crippen molar-refractivity contribution in [3.63, 3.8) is 0 Å². The van der Waals surface area contributed by atoms with Gasteiger partial charge in [-0.3, -0.25) is 0 Å². The molecule has 4 heteroatoms. The molecule has 0 fully saturated rings. The van der Waals surface area contributed by atoms with E-state index in [9.17, 15) is 0 Å². The molecule has 0 saturated heterocycles. The third-order valence-electron chi connectivity index (χ3n) is 2.60. The van der Waals surface area contributed by atoms with Gasteiger partial charge in [0.15, 0.2) is 0 Å². The minimum Gasteiger partial charge on any atom is -0.475 e. The molecule has 1 N–H and O–H groups in total. The highest BCUT2D eigenvalue weighted by Crippen LogP contribution is 2.14. The van der Waals surface area contributed by atoms with Crippen LogP contribution >= 0.6 is 0 Å². The Kier molecular flexibility index (Phi) is 7.37. The van der Waals surface area contributed by atoms with Gasteiger partial charge in [0.05, 0.1) is 6.61 Å². The zero-order valence-corrected chi connectivity index (χ0v) is 11.6. The molecular weight excluding hydrogens is 228 g/mol. The van der Waals surface area contributed by atoms with E-state index in [2.05, 4.69) is 31.1 Å². The highest BCUT2D eigenvalue weighted by molar-refractivity contribution is 5.20. The third-order valence-corrected chi connectivity index (χ3v) is 2.60. The van der Waals surface area contributed by atoms with Crippen LogP contribution in [0.1, 0.15) is 38.8 Å². The van der Waals surface area contributed by atoms with Gasteiger partial charge in [-0.1, -0.05) is 19.9 Å². The Morgan fingerprint density at radius 2 is 2.06 bits per heavy atom. The van der Waals surface area contributed by atoms with Crippen molar-refractivity contribution >= 4 is 0 Å². The summed E-state index contributed by atoms with van der Waals surface area (Å²) in [6.07, 6.45) is 2.89. The fraction of sp³-hybridized carbons (Fsp3) is 0.643. The van der Waals surface area contributed by atoms with Crippen LogP contribution in [-0.2, 0) is 4.74 Å². The predicted octanol–water partition coefficient (Wildman–Crippen LogP) is 2.56. The summed E-state index contributed by atoms with van der Waals surface area (Å²) in [7, 11) is 0. The lowest BCUT2D eigenvalue weighted by Crippen LogP contribution is -2.17. The van der Waals surface area contributed by atoms with E-state index in [0.29, 0.717) is 25.1 Å². The van der Waals surface area contributed by atoms with Crippen LogP contribution in [-0.4, -0.2) is 31.3 Å². The van der Waals surface area contributed by atoms with Crippen molar-refractivity contribution in [3.05, 3.63) is 23.9 Å². The number of pyridine rings is 1. The Labute approximate surface area is 110 Å². The average molecular weight is 252 g/mol. The molecule has 0 amide bonds. The van der Waals surface area contributed by atoms with E-state index in [1.807, 2.05) is 18.3 Å². The molecule has 0 radical (unpaired) electrons. The van der Waals surface area contributed by atoms with E-state index in [1.54, 1.807) is 0 Å². The summed E-state index contributed by atoms with van der Waals surface area (Å²) >= 11 is 0. The van der Waals surface area contributed by atoms with E-state index in [-0.39, 0.29) is 0 Å². The molecule has 0 saturated carbocycles. The van der Waals surface area contributed by atoms with Crippen LogP contribution in [0.2, 0.25) is 0 Å². The van der Waals surface area contributed by atoms with Crippen LogP contribution in [0, 0.1) is 0 Å². The van der Waals surface area contributed by atoms with Gasteiger partial charge in [-0.25, -0.2) is 4.98 Å². The maximum atomic E-state index is 5.49. The second-order valence-corrected chi connectivity index (χ2v) is 4.17. The molecule has 1 heterocycles. The van der Waals surface area contributed by atoms with Gasteiger partial charge in [0.25, 0.3) is 0 Å². The Hall–Kier alpha value is -1.13. The number of nitrogens with one attached hydrogen (secondary N) is 1. The number of aromatic nitrogens is 1. The second kappa shape index (κ2) is 8.89.